The quantitative estimate of drug-likeness (QED) is 0.471. The van der Waals surface area contributed by atoms with E-state index in [1.807, 2.05) is 0 Å². The topological polar surface area (TPSA) is 92.9 Å². The summed E-state index contributed by atoms with van der Waals surface area (Å²) in [7, 11) is 0. The van der Waals surface area contributed by atoms with Crippen LogP contribution in [0.2, 0.25) is 0 Å². The molecule has 1 aliphatic carbocycles. The van der Waals surface area contributed by atoms with Crippen LogP contribution in [0.4, 0.5) is 8.78 Å². The summed E-state index contributed by atoms with van der Waals surface area (Å²) in [6, 6.07) is 15.6. The van der Waals surface area contributed by atoms with Gasteiger partial charge in [0.2, 0.25) is 5.79 Å². The number of alkyl halides is 2. The summed E-state index contributed by atoms with van der Waals surface area (Å²) in [5, 5.41) is 18.3. The molecule has 4 aromatic rings. The highest BCUT2D eigenvalue weighted by Gasteiger charge is 2.52. The molecular weight excluding hydrogens is 440 g/mol. The summed E-state index contributed by atoms with van der Waals surface area (Å²) >= 11 is 0. The maximum atomic E-state index is 15.9. The molecule has 9 heteroatoms. The molecule has 1 aliphatic rings. The molecule has 1 saturated carbocycles. The minimum atomic E-state index is -2.40. The molecule has 7 nitrogen and oxygen atoms in total. The van der Waals surface area contributed by atoms with Gasteiger partial charge in [-0.1, -0.05) is 30.3 Å². The molecule has 0 aliphatic heterocycles. The molecule has 0 radical (unpaired) electrons. The van der Waals surface area contributed by atoms with E-state index in [1.54, 1.807) is 67.0 Å². The van der Waals surface area contributed by atoms with E-state index in [0.717, 1.165) is 4.68 Å². The molecule has 0 unspecified atom stereocenters. The molecular formula is C25H23F2N5O2. The summed E-state index contributed by atoms with van der Waals surface area (Å²) in [6.07, 6.45) is 0.937. The molecule has 2 aromatic carbocycles. The average molecular weight is 463 g/mol. The number of rotatable bonds is 5. The number of hydrogen-bond donors (Lipinski definition) is 2. The van der Waals surface area contributed by atoms with Gasteiger partial charge in [0.05, 0.1) is 5.52 Å². The third-order valence-corrected chi connectivity index (χ3v) is 6.34. The maximum absolute atomic E-state index is 15.9. The highest BCUT2D eigenvalue weighted by Crippen LogP contribution is 2.41. The lowest BCUT2D eigenvalue weighted by atomic mass is 9.80. The predicted molar refractivity (Wildman–Crippen MR) is 122 cm³/mol. The zero-order valence-corrected chi connectivity index (χ0v) is 18.2. The molecule has 5 rings (SSSR count). The number of benzene rings is 2. The zero-order chi connectivity index (χ0) is 23.7. The van der Waals surface area contributed by atoms with Crippen molar-refractivity contribution in [3.05, 3.63) is 78.8 Å². The first kappa shape index (κ1) is 22.1. The van der Waals surface area contributed by atoms with Crippen LogP contribution in [0.1, 0.15) is 23.2 Å². The molecule has 1 amide bonds. The zero-order valence-electron chi connectivity index (χ0n) is 18.2. The molecule has 0 saturated heterocycles. The first-order valence-corrected chi connectivity index (χ1v) is 11.1. The second-order valence-electron chi connectivity index (χ2n) is 8.50. The number of aliphatic hydroxyl groups excluding tert-OH is 1. The Morgan fingerprint density at radius 2 is 1.91 bits per heavy atom. The number of halogens is 2. The monoisotopic (exact) mass is 463 g/mol. The van der Waals surface area contributed by atoms with E-state index in [0.29, 0.717) is 27.9 Å². The Morgan fingerprint density at radius 1 is 1.15 bits per heavy atom. The number of nitrogens with one attached hydrogen (secondary N) is 1. The van der Waals surface area contributed by atoms with Crippen molar-refractivity contribution >= 4 is 16.8 Å². The van der Waals surface area contributed by atoms with E-state index in [-0.39, 0.29) is 25.3 Å². The Hall–Kier alpha value is -3.72. The fraction of sp³-hybridized carbons (Fsp3) is 0.280. The molecule has 174 valence electrons. The number of carbonyl (C=O) groups is 1. The minimum absolute atomic E-state index is 0.00352. The molecule has 2 N–H and O–H groups in total. The van der Waals surface area contributed by atoms with E-state index in [4.69, 9.17) is 0 Å². The number of amides is 1. The number of hydrogen-bond acceptors (Lipinski definition) is 5. The number of aromatic nitrogens is 4. The number of nitrogens with zero attached hydrogens (tertiary/aromatic N) is 4. The summed E-state index contributed by atoms with van der Waals surface area (Å²) in [6.45, 7) is 0.00352. The van der Waals surface area contributed by atoms with Crippen LogP contribution in [-0.2, 0) is 5.79 Å². The van der Waals surface area contributed by atoms with Crippen molar-refractivity contribution < 1.29 is 18.7 Å². The molecule has 1 fully saturated rings. The van der Waals surface area contributed by atoms with Gasteiger partial charge in [0.25, 0.3) is 5.91 Å². The Balaban J connectivity index is 1.32. The van der Waals surface area contributed by atoms with Crippen LogP contribution in [0.3, 0.4) is 0 Å². The second-order valence-corrected chi connectivity index (χ2v) is 8.50. The molecule has 4 atom stereocenters. The van der Waals surface area contributed by atoms with Crippen molar-refractivity contribution in [2.75, 3.05) is 6.54 Å². The summed E-state index contributed by atoms with van der Waals surface area (Å²) < 4.78 is 32.1. The summed E-state index contributed by atoms with van der Waals surface area (Å²) in [4.78, 5) is 20.7. The highest BCUT2D eigenvalue weighted by molar-refractivity contribution is 5.94. The first-order chi connectivity index (χ1) is 16.5. The van der Waals surface area contributed by atoms with Gasteiger partial charge in [-0.2, -0.15) is 5.10 Å². The van der Waals surface area contributed by atoms with Gasteiger partial charge >= 0.3 is 0 Å². The van der Waals surface area contributed by atoms with Gasteiger partial charge < -0.3 is 10.4 Å². The average Bonchev–Trinajstić information content (AvgIpc) is 3.32. The SMILES string of the molecule is O=C(NC[C@H]1CC[C@](F)(n2cc3ccc(-c4ncccn4)cc3n2)[C@H](O)[C@@H]1F)c1ccccc1. The van der Waals surface area contributed by atoms with Gasteiger partial charge in [0.15, 0.2) is 5.82 Å². The Kier molecular flexibility index (Phi) is 5.79. The lowest BCUT2D eigenvalue weighted by Crippen LogP contribution is -2.54. The summed E-state index contributed by atoms with van der Waals surface area (Å²) in [5.74, 6) is -2.94. The van der Waals surface area contributed by atoms with Gasteiger partial charge in [-0.15, -0.1) is 0 Å². The van der Waals surface area contributed by atoms with Gasteiger partial charge in [0.1, 0.15) is 12.3 Å². The predicted octanol–water partition coefficient (Wildman–Crippen LogP) is 3.65. The minimum Gasteiger partial charge on any atom is -0.385 e. The second kappa shape index (κ2) is 8.90. The smallest absolute Gasteiger partial charge is 0.251 e. The lowest BCUT2D eigenvalue weighted by molar-refractivity contribution is -0.153. The van der Waals surface area contributed by atoms with Crippen molar-refractivity contribution in [1.29, 1.82) is 0 Å². The van der Waals surface area contributed by atoms with Gasteiger partial charge in [-0.3, -0.25) is 4.79 Å². The number of carbonyl (C=O) groups excluding carboxylic acids is 1. The standard InChI is InChI=1S/C25H23F2N5O2/c26-21-18(14-30-24(34)16-5-2-1-3-6-16)9-10-25(27,22(21)33)32-15-19-8-7-17(13-20(19)31-32)23-28-11-4-12-29-23/h1-8,11-13,15,18,21-22,33H,9-10,14H2,(H,30,34)/t18-,21-,22-,25+/m1/s1. The van der Waals surface area contributed by atoms with Gasteiger partial charge in [-0.25, -0.2) is 23.4 Å². The van der Waals surface area contributed by atoms with Crippen LogP contribution in [-0.4, -0.2) is 49.6 Å². The third-order valence-electron chi connectivity index (χ3n) is 6.34. The van der Waals surface area contributed by atoms with Crippen molar-refractivity contribution in [3.8, 4) is 11.4 Å². The largest absolute Gasteiger partial charge is 0.385 e. The highest BCUT2D eigenvalue weighted by atomic mass is 19.2. The molecule has 0 spiro atoms. The fourth-order valence-electron chi connectivity index (χ4n) is 4.37. The van der Waals surface area contributed by atoms with Crippen LogP contribution >= 0.6 is 0 Å². The third kappa shape index (κ3) is 4.03. The van der Waals surface area contributed by atoms with Crippen LogP contribution < -0.4 is 5.32 Å². The lowest BCUT2D eigenvalue weighted by Gasteiger charge is -2.40. The Bertz CT molecular complexity index is 1300. The van der Waals surface area contributed by atoms with E-state index >= 15 is 8.78 Å². The molecule has 2 aromatic heterocycles. The molecule has 34 heavy (non-hydrogen) atoms. The van der Waals surface area contributed by atoms with E-state index < -0.39 is 24.0 Å². The molecule has 0 bridgehead atoms. The van der Waals surface area contributed by atoms with E-state index in [2.05, 4.69) is 20.4 Å². The summed E-state index contributed by atoms with van der Waals surface area (Å²) in [5.41, 5.74) is 1.66. The normalized spacial score (nSPS) is 24.7. The molecule has 2 heterocycles. The van der Waals surface area contributed by atoms with Crippen LogP contribution in [0.15, 0.2) is 73.2 Å². The van der Waals surface area contributed by atoms with Crippen molar-refractivity contribution in [3.63, 3.8) is 0 Å². The first-order valence-electron chi connectivity index (χ1n) is 11.1. The van der Waals surface area contributed by atoms with Crippen molar-refractivity contribution in [1.82, 2.24) is 25.1 Å². The van der Waals surface area contributed by atoms with Crippen LogP contribution in [0.5, 0.6) is 0 Å². The van der Waals surface area contributed by atoms with Crippen LogP contribution in [0.25, 0.3) is 22.3 Å². The van der Waals surface area contributed by atoms with Crippen molar-refractivity contribution in [2.24, 2.45) is 5.92 Å². The van der Waals surface area contributed by atoms with Gasteiger partial charge in [0, 0.05) is 54.0 Å². The number of aliphatic hydroxyl groups is 1. The Morgan fingerprint density at radius 3 is 2.68 bits per heavy atom. The Labute approximate surface area is 194 Å². The maximum Gasteiger partial charge on any atom is 0.251 e. The number of fused-ring (bicyclic) bond motifs is 1. The van der Waals surface area contributed by atoms with Crippen LogP contribution in [0, 0.1) is 5.92 Å². The van der Waals surface area contributed by atoms with E-state index in [9.17, 15) is 9.90 Å². The van der Waals surface area contributed by atoms with Gasteiger partial charge in [-0.05, 0) is 30.7 Å². The van der Waals surface area contributed by atoms with Crippen molar-refractivity contribution in [2.45, 2.75) is 30.9 Å². The van der Waals surface area contributed by atoms with E-state index in [1.165, 1.54) is 6.20 Å². The fourth-order valence-corrected chi connectivity index (χ4v) is 4.37.